The SMILES string of the molecule is CCOC(=O)c1ccc2c(c1)nc(SCC(=O)N1CCN(c3cccc(C)c3)CC1)n2CC. The summed E-state index contributed by atoms with van der Waals surface area (Å²) < 4.78 is 7.18. The number of imidazole rings is 1. The summed E-state index contributed by atoms with van der Waals surface area (Å²) in [5.74, 6) is 0.129. The normalized spacial score (nSPS) is 14.0. The van der Waals surface area contributed by atoms with Crippen molar-refractivity contribution >= 4 is 40.4 Å². The van der Waals surface area contributed by atoms with E-state index in [0.29, 0.717) is 17.9 Å². The van der Waals surface area contributed by atoms with Gasteiger partial charge in [0.15, 0.2) is 5.16 Å². The molecular formula is C25H30N4O3S. The van der Waals surface area contributed by atoms with E-state index >= 15 is 0 Å². The standard InChI is InChI=1S/C25H30N4O3S/c1-4-29-22-10-9-19(24(31)32-5-2)16-21(22)26-25(29)33-17-23(30)28-13-11-27(12-14-28)20-8-6-7-18(3)15-20/h6-10,15-16H,4-5,11-14,17H2,1-3H3. The van der Waals surface area contributed by atoms with Crippen molar-refractivity contribution in [2.24, 2.45) is 0 Å². The average Bonchev–Trinajstić information content (AvgIpc) is 3.19. The Morgan fingerprint density at radius 3 is 2.55 bits per heavy atom. The van der Waals surface area contributed by atoms with E-state index in [9.17, 15) is 9.59 Å². The molecule has 0 atom stereocenters. The second kappa shape index (κ2) is 10.3. The molecule has 0 unspecified atom stereocenters. The van der Waals surface area contributed by atoms with Crippen LogP contribution in [0, 0.1) is 6.92 Å². The Labute approximate surface area is 198 Å². The van der Waals surface area contributed by atoms with Crippen LogP contribution in [-0.2, 0) is 16.1 Å². The number of aryl methyl sites for hydroxylation is 2. The minimum Gasteiger partial charge on any atom is -0.462 e. The molecule has 0 aliphatic carbocycles. The molecule has 0 saturated carbocycles. The molecule has 7 nitrogen and oxygen atoms in total. The highest BCUT2D eigenvalue weighted by atomic mass is 32.2. The molecule has 2 aromatic carbocycles. The fourth-order valence-corrected chi connectivity index (χ4v) is 5.10. The predicted molar refractivity (Wildman–Crippen MR) is 132 cm³/mol. The van der Waals surface area contributed by atoms with E-state index in [1.54, 1.807) is 19.1 Å². The van der Waals surface area contributed by atoms with Crippen LogP contribution in [0.15, 0.2) is 47.6 Å². The number of esters is 1. The van der Waals surface area contributed by atoms with Gasteiger partial charge in [-0.05, 0) is 56.7 Å². The summed E-state index contributed by atoms with van der Waals surface area (Å²) in [5, 5.41) is 0.792. The number of anilines is 1. The Kier molecular flexibility index (Phi) is 7.23. The van der Waals surface area contributed by atoms with Crippen LogP contribution in [0.25, 0.3) is 11.0 Å². The predicted octanol–water partition coefficient (Wildman–Crippen LogP) is 3.98. The molecule has 3 aromatic rings. The van der Waals surface area contributed by atoms with Gasteiger partial charge in [-0.1, -0.05) is 23.9 Å². The molecule has 4 rings (SSSR count). The first-order valence-electron chi connectivity index (χ1n) is 11.4. The molecule has 8 heteroatoms. The molecule has 1 aliphatic rings. The van der Waals surface area contributed by atoms with Gasteiger partial charge in [0.2, 0.25) is 5.91 Å². The van der Waals surface area contributed by atoms with Crippen LogP contribution in [0.4, 0.5) is 5.69 Å². The average molecular weight is 467 g/mol. The van der Waals surface area contributed by atoms with Crippen molar-refractivity contribution in [1.29, 1.82) is 0 Å². The van der Waals surface area contributed by atoms with Gasteiger partial charge < -0.3 is 19.1 Å². The number of hydrogen-bond acceptors (Lipinski definition) is 6. The maximum absolute atomic E-state index is 12.9. The summed E-state index contributed by atoms with van der Waals surface area (Å²) >= 11 is 1.45. The van der Waals surface area contributed by atoms with E-state index in [2.05, 4.69) is 47.6 Å². The van der Waals surface area contributed by atoms with Crippen molar-refractivity contribution in [3.05, 3.63) is 53.6 Å². The Morgan fingerprint density at radius 1 is 1.06 bits per heavy atom. The number of nitrogens with zero attached hydrogens (tertiary/aromatic N) is 4. The Bertz CT molecular complexity index is 1150. The van der Waals surface area contributed by atoms with Gasteiger partial charge in [0.25, 0.3) is 0 Å². The van der Waals surface area contributed by atoms with Gasteiger partial charge in [-0.15, -0.1) is 0 Å². The zero-order chi connectivity index (χ0) is 23.4. The lowest BCUT2D eigenvalue weighted by atomic mass is 10.2. The second-order valence-corrected chi connectivity index (χ2v) is 9.00. The van der Waals surface area contributed by atoms with Crippen molar-refractivity contribution in [2.75, 3.05) is 43.4 Å². The number of ether oxygens (including phenoxy) is 1. The number of thioether (sulfide) groups is 1. The van der Waals surface area contributed by atoms with E-state index in [-0.39, 0.29) is 11.9 Å². The number of carbonyl (C=O) groups excluding carboxylic acids is 2. The van der Waals surface area contributed by atoms with E-state index in [1.165, 1.54) is 23.0 Å². The first-order valence-corrected chi connectivity index (χ1v) is 12.4. The number of rotatable bonds is 7. The van der Waals surface area contributed by atoms with Gasteiger partial charge in [0.1, 0.15) is 0 Å². The van der Waals surface area contributed by atoms with Gasteiger partial charge in [0, 0.05) is 38.4 Å². The summed E-state index contributed by atoms with van der Waals surface area (Å²) in [7, 11) is 0. The molecule has 174 valence electrons. The highest BCUT2D eigenvalue weighted by molar-refractivity contribution is 7.99. The lowest BCUT2D eigenvalue weighted by Crippen LogP contribution is -2.49. The van der Waals surface area contributed by atoms with Gasteiger partial charge in [-0.2, -0.15) is 0 Å². The molecule has 0 N–H and O–H groups in total. The van der Waals surface area contributed by atoms with Crippen molar-refractivity contribution in [3.63, 3.8) is 0 Å². The molecule has 0 bridgehead atoms. The number of carbonyl (C=O) groups is 2. The molecule has 1 aromatic heterocycles. The third-order valence-corrected chi connectivity index (χ3v) is 6.83. The van der Waals surface area contributed by atoms with Crippen molar-refractivity contribution in [1.82, 2.24) is 14.5 Å². The van der Waals surface area contributed by atoms with E-state index in [1.807, 2.05) is 11.0 Å². The highest BCUT2D eigenvalue weighted by Gasteiger charge is 2.22. The number of amides is 1. The quantitative estimate of drug-likeness (QED) is 0.388. The van der Waals surface area contributed by atoms with Gasteiger partial charge in [-0.25, -0.2) is 9.78 Å². The zero-order valence-electron chi connectivity index (χ0n) is 19.4. The largest absolute Gasteiger partial charge is 0.462 e. The van der Waals surface area contributed by atoms with Crippen LogP contribution >= 0.6 is 11.8 Å². The number of benzene rings is 2. The smallest absolute Gasteiger partial charge is 0.338 e. The summed E-state index contributed by atoms with van der Waals surface area (Å²) in [5.41, 5.74) is 4.64. The van der Waals surface area contributed by atoms with Crippen LogP contribution in [-0.4, -0.2) is 64.9 Å². The molecule has 0 radical (unpaired) electrons. The summed E-state index contributed by atoms with van der Waals surface area (Å²) in [6.07, 6.45) is 0. The molecule has 1 fully saturated rings. The van der Waals surface area contributed by atoms with Crippen LogP contribution < -0.4 is 4.90 Å². The van der Waals surface area contributed by atoms with E-state index in [4.69, 9.17) is 9.72 Å². The second-order valence-electron chi connectivity index (χ2n) is 8.06. The van der Waals surface area contributed by atoms with Gasteiger partial charge in [0.05, 0.1) is 29.0 Å². The summed E-state index contributed by atoms with van der Waals surface area (Å²) in [6.45, 7) is 10.1. The highest BCUT2D eigenvalue weighted by Crippen LogP contribution is 2.26. The number of piperazine rings is 1. The minimum absolute atomic E-state index is 0.130. The molecular weight excluding hydrogens is 436 g/mol. The molecule has 1 amide bonds. The monoisotopic (exact) mass is 466 g/mol. The van der Waals surface area contributed by atoms with E-state index < -0.39 is 0 Å². The first-order chi connectivity index (χ1) is 16.0. The van der Waals surface area contributed by atoms with E-state index in [0.717, 1.165) is 48.9 Å². The number of hydrogen-bond donors (Lipinski definition) is 0. The minimum atomic E-state index is -0.348. The fourth-order valence-electron chi connectivity index (χ4n) is 4.12. The lowest BCUT2D eigenvalue weighted by molar-refractivity contribution is -0.128. The van der Waals surface area contributed by atoms with Crippen molar-refractivity contribution in [3.8, 4) is 0 Å². The third kappa shape index (κ3) is 5.16. The Morgan fingerprint density at radius 2 is 1.85 bits per heavy atom. The fraction of sp³-hybridized carbons (Fsp3) is 0.400. The van der Waals surface area contributed by atoms with Crippen LogP contribution in [0.3, 0.4) is 0 Å². The number of fused-ring (bicyclic) bond motifs is 1. The third-order valence-electron chi connectivity index (χ3n) is 5.86. The molecule has 1 aliphatic heterocycles. The topological polar surface area (TPSA) is 67.7 Å². The zero-order valence-corrected chi connectivity index (χ0v) is 20.2. The maximum Gasteiger partial charge on any atom is 0.338 e. The molecule has 33 heavy (non-hydrogen) atoms. The molecule has 0 spiro atoms. The van der Waals surface area contributed by atoms with Crippen molar-refractivity contribution < 1.29 is 14.3 Å². The summed E-state index contributed by atoms with van der Waals surface area (Å²) in [4.78, 5) is 33.9. The van der Waals surface area contributed by atoms with Gasteiger partial charge in [-0.3, -0.25) is 4.79 Å². The van der Waals surface area contributed by atoms with Gasteiger partial charge >= 0.3 is 5.97 Å². The number of aromatic nitrogens is 2. The van der Waals surface area contributed by atoms with Crippen LogP contribution in [0.5, 0.6) is 0 Å². The molecule has 2 heterocycles. The Hall–Kier alpha value is -3.00. The van der Waals surface area contributed by atoms with Crippen LogP contribution in [0.1, 0.15) is 29.8 Å². The van der Waals surface area contributed by atoms with Crippen molar-refractivity contribution in [2.45, 2.75) is 32.5 Å². The summed E-state index contributed by atoms with van der Waals surface area (Å²) in [6, 6.07) is 13.9. The Balaban J connectivity index is 1.38. The van der Waals surface area contributed by atoms with Crippen LogP contribution in [0.2, 0.25) is 0 Å². The maximum atomic E-state index is 12.9. The molecule has 1 saturated heterocycles. The lowest BCUT2D eigenvalue weighted by Gasteiger charge is -2.36. The first kappa shape index (κ1) is 23.2.